The Bertz CT molecular complexity index is 491. The molecule has 96 valence electrons. The van der Waals surface area contributed by atoms with Crippen LogP contribution in [0.4, 0.5) is 0 Å². The molecule has 1 atom stereocenters. The molecule has 0 saturated heterocycles. The van der Waals surface area contributed by atoms with Crippen LogP contribution in [-0.4, -0.2) is 30.9 Å². The van der Waals surface area contributed by atoms with Crippen LogP contribution in [-0.2, 0) is 0 Å². The number of hydrogen-bond donors (Lipinski definition) is 2. The van der Waals surface area contributed by atoms with Gasteiger partial charge in [0.05, 0.1) is 6.10 Å². The summed E-state index contributed by atoms with van der Waals surface area (Å²) in [4.78, 5) is 0. The first-order chi connectivity index (χ1) is 8.77. The second kappa shape index (κ2) is 6.38. The van der Waals surface area contributed by atoms with Gasteiger partial charge in [0.25, 0.3) is 0 Å². The van der Waals surface area contributed by atoms with Gasteiger partial charge in [0, 0.05) is 18.5 Å². The molecule has 0 amide bonds. The van der Waals surface area contributed by atoms with Crippen molar-refractivity contribution in [1.29, 1.82) is 0 Å². The zero-order valence-electron chi connectivity index (χ0n) is 10.6. The van der Waals surface area contributed by atoms with E-state index in [1.165, 1.54) is 5.39 Å². The zero-order chi connectivity index (χ0) is 12.8. The number of ether oxygens (including phenoxy) is 1. The zero-order valence-corrected chi connectivity index (χ0v) is 10.6. The van der Waals surface area contributed by atoms with Gasteiger partial charge in [-0.25, -0.2) is 0 Å². The van der Waals surface area contributed by atoms with Crippen LogP contribution in [0.3, 0.4) is 0 Å². The summed E-state index contributed by atoms with van der Waals surface area (Å²) in [5.41, 5.74) is 0. The number of fused-ring (bicyclic) bond motifs is 1. The Morgan fingerprint density at radius 3 is 2.78 bits per heavy atom. The Morgan fingerprint density at radius 1 is 1.17 bits per heavy atom. The maximum Gasteiger partial charge on any atom is 0.127 e. The van der Waals surface area contributed by atoms with E-state index in [1.807, 2.05) is 24.3 Å². The van der Waals surface area contributed by atoms with Gasteiger partial charge in [-0.05, 0) is 18.4 Å². The average Bonchev–Trinajstić information content (AvgIpc) is 2.38. The molecule has 2 aromatic carbocycles. The molecule has 2 aromatic rings. The van der Waals surface area contributed by atoms with Gasteiger partial charge in [-0.2, -0.15) is 0 Å². The summed E-state index contributed by atoms with van der Waals surface area (Å²) in [7, 11) is 0. The summed E-state index contributed by atoms with van der Waals surface area (Å²) in [6.07, 6.45) is -0.317. The molecule has 0 saturated carbocycles. The van der Waals surface area contributed by atoms with E-state index in [9.17, 15) is 0 Å². The second-order valence-electron chi connectivity index (χ2n) is 4.38. The van der Waals surface area contributed by atoms with E-state index in [0.717, 1.165) is 17.7 Å². The minimum Gasteiger partial charge on any atom is -0.492 e. The molecule has 3 nitrogen and oxygen atoms in total. The maximum atomic E-state index is 9.11. The van der Waals surface area contributed by atoms with Crippen LogP contribution in [0.2, 0.25) is 0 Å². The molecule has 0 heterocycles. The highest BCUT2D eigenvalue weighted by Crippen LogP contribution is 2.24. The Morgan fingerprint density at radius 2 is 1.94 bits per heavy atom. The molecule has 0 aliphatic rings. The molecule has 2 N–H and O–H groups in total. The number of aliphatic hydroxyl groups excluding tert-OH is 1. The van der Waals surface area contributed by atoms with E-state index < -0.39 is 0 Å². The fraction of sp³-hybridized carbons (Fsp3) is 0.333. The second-order valence-corrected chi connectivity index (χ2v) is 4.38. The van der Waals surface area contributed by atoms with Crippen molar-refractivity contribution < 1.29 is 9.84 Å². The Hall–Kier alpha value is -1.58. The molecule has 0 aliphatic heterocycles. The summed E-state index contributed by atoms with van der Waals surface area (Å²) in [5.74, 6) is 0.909. The molecular formula is C15H19NO2. The predicted octanol–water partition coefficient (Wildman–Crippen LogP) is 2.19. The lowest BCUT2D eigenvalue weighted by atomic mass is 10.1. The standard InChI is InChI=1S/C15H19NO2/c1-12(17)11-16-9-10-18-15-8-4-6-13-5-2-3-7-14(13)15/h2-8,12,16-17H,9-11H2,1H3. The van der Waals surface area contributed by atoms with Crippen LogP contribution < -0.4 is 10.1 Å². The maximum absolute atomic E-state index is 9.11. The summed E-state index contributed by atoms with van der Waals surface area (Å²) in [6.45, 7) is 3.69. The molecule has 3 heteroatoms. The molecule has 2 rings (SSSR count). The highest BCUT2D eigenvalue weighted by atomic mass is 16.5. The Labute approximate surface area is 107 Å². The minimum absolute atomic E-state index is 0.317. The van der Waals surface area contributed by atoms with E-state index in [0.29, 0.717) is 13.2 Å². The lowest BCUT2D eigenvalue weighted by molar-refractivity contribution is 0.188. The van der Waals surface area contributed by atoms with Crippen LogP contribution in [0.25, 0.3) is 10.8 Å². The van der Waals surface area contributed by atoms with E-state index in [1.54, 1.807) is 6.92 Å². The van der Waals surface area contributed by atoms with Gasteiger partial charge < -0.3 is 15.2 Å². The summed E-state index contributed by atoms with van der Waals surface area (Å²) < 4.78 is 5.76. The van der Waals surface area contributed by atoms with Gasteiger partial charge >= 0.3 is 0 Å². The molecule has 0 aromatic heterocycles. The fourth-order valence-corrected chi connectivity index (χ4v) is 1.87. The first-order valence-electron chi connectivity index (χ1n) is 6.27. The van der Waals surface area contributed by atoms with Crippen molar-refractivity contribution >= 4 is 10.8 Å². The molecule has 1 unspecified atom stereocenters. The van der Waals surface area contributed by atoms with Gasteiger partial charge in [0.1, 0.15) is 12.4 Å². The molecule has 0 fully saturated rings. The number of rotatable bonds is 6. The lowest BCUT2D eigenvalue weighted by Gasteiger charge is -2.10. The SMILES string of the molecule is CC(O)CNCCOc1cccc2ccccc12. The third kappa shape index (κ3) is 3.45. The number of hydrogen-bond acceptors (Lipinski definition) is 3. The van der Waals surface area contributed by atoms with Crippen LogP contribution in [0.1, 0.15) is 6.92 Å². The molecular weight excluding hydrogens is 226 g/mol. The van der Waals surface area contributed by atoms with Crippen molar-refractivity contribution in [2.75, 3.05) is 19.7 Å². The highest BCUT2D eigenvalue weighted by Gasteiger charge is 2.00. The van der Waals surface area contributed by atoms with Crippen LogP contribution in [0.5, 0.6) is 5.75 Å². The van der Waals surface area contributed by atoms with Gasteiger partial charge in [-0.3, -0.25) is 0 Å². The number of benzene rings is 2. The smallest absolute Gasteiger partial charge is 0.127 e. The molecule has 0 radical (unpaired) electrons. The van der Waals surface area contributed by atoms with Gasteiger partial charge in [0.2, 0.25) is 0 Å². The monoisotopic (exact) mass is 245 g/mol. The summed E-state index contributed by atoms with van der Waals surface area (Å²) in [5, 5.41) is 14.6. The van der Waals surface area contributed by atoms with Gasteiger partial charge in [0.15, 0.2) is 0 Å². The first-order valence-corrected chi connectivity index (χ1v) is 6.27. The summed E-state index contributed by atoms with van der Waals surface area (Å²) >= 11 is 0. The van der Waals surface area contributed by atoms with Gasteiger partial charge in [-0.1, -0.05) is 36.4 Å². The van der Waals surface area contributed by atoms with E-state index in [4.69, 9.17) is 9.84 Å². The van der Waals surface area contributed by atoms with Crippen LogP contribution in [0.15, 0.2) is 42.5 Å². The van der Waals surface area contributed by atoms with E-state index in [2.05, 4.69) is 23.5 Å². The average molecular weight is 245 g/mol. The topological polar surface area (TPSA) is 41.5 Å². The molecule has 0 bridgehead atoms. The molecule has 0 aliphatic carbocycles. The predicted molar refractivity (Wildman–Crippen MR) is 74.0 cm³/mol. The highest BCUT2D eigenvalue weighted by molar-refractivity contribution is 5.88. The lowest BCUT2D eigenvalue weighted by Crippen LogP contribution is -2.28. The quantitative estimate of drug-likeness (QED) is 0.767. The van der Waals surface area contributed by atoms with Crippen molar-refractivity contribution in [2.24, 2.45) is 0 Å². The van der Waals surface area contributed by atoms with E-state index >= 15 is 0 Å². The molecule has 0 spiro atoms. The Kier molecular flexibility index (Phi) is 4.56. The largest absolute Gasteiger partial charge is 0.492 e. The fourth-order valence-electron chi connectivity index (χ4n) is 1.87. The van der Waals surface area contributed by atoms with Crippen molar-refractivity contribution in [3.05, 3.63) is 42.5 Å². The third-order valence-electron chi connectivity index (χ3n) is 2.73. The van der Waals surface area contributed by atoms with Crippen LogP contribution >= 0.6 is 0 Å². The van der Waals surface area contributed by atoms with Crippen molar-refractivity contribution in [1.82, 2.24) is 5.32 Å². The van der Waals surface area contributed by atoms with Gasteiger partial charge in [-0.15, -0.1) is 0 Å². The molecule has 18 heavy (non-hydrogen) atoms. The van der Waals surface area contributed by atoms with E-state index in [-0.39, 0.29) is 6.10 Å². The van der Waals surface area contributed by atoms with Crippen molar-refractivity contribution in [3.63, 3.8) is 0 Å². The Balaban J connectivity index is 1.91. The summed E-state index contributed by atoms with van der Waals surface area (Å²) in [6, 6.07) is 14.2. The number of aliphatic hydroxyl groups is 1. The third-order valence-corrected chi connectivity index (χ3v) is 2.73. The van der Waals surface area contributed by atoms with Crippen LogP contribution in [0, 0.1) is 0 Å². The van der Waals surface area contributed by atoms with Crippen molar-refractivity contribution in [3.8, 4) is 5.75 Å². The number of nitrogens with one attached hydrogen (secondary N) is 1. The van der Waals surface area contributed by atoms with Crippen molar-refractivity contribution in [2.45, 2.75) is 13.0 Å². The minimum atomic E-state index is -0.317. The first kappa shape index (κ1) is 12.9. The normalized spacial score (nSPS) is 12.6.